The van der Waals surface area contributed by atoms with Gasteiger partial charge in [0, 0.05) is 25.1 Å². The molecule has 10 nitrogen and oxygen atoms in total. The molecule has 114 valence electrons. The first kappa shape index (κ1) is 15.1. The molecule has 1 aromatic heterocycles. The molecule has 2 heterocycles. The molecule has 0 radical (unpaired) electrons. The number of anilines is 1. The molecule has 1 unspecified atom stereocenters. The fourth-order valence-corrected chi connectivity index (χ4v) is 2.71. The SMILES string of the molecule is COc1ccc([N+](=O)[O-])c(N2CC(S(N)(=O)=O)CC2=O)n1. The highest BCUT2D eigenvalue weighted by Gasteiger charge is 2.40. The number of carbonyl (C=O) groups excluding carboxylic acids is 1. The maximum Gasteiger partial charge on any atom is 0.312 e. The Bertz CT molecular complexity index is 703. The Morgan fingerprint density at radius 2 is 2.19 bits per heavy atom. The Balaban J connectivity index is 2.46. The molecule has 1 amide bonds. The number of aromatic nitrogens is 1. The summed E-state index contributed by atoms with van der Waals surface area (Å²) in [5.74, 6) is -0.782. The highest BCUT2D eigenvalue weighted by atomic mass is 32.2. The monoisotopic (exact) mass is 316 g/mol. The number of pyridine rings is 1. The van der Waals surface area contributed by atoms with Crippen molar-refractivity contribution in [3.63, 3.8) is 0 Å². The molecule has 0 spiro atoms. The zero-order valence-electron chi connectivity index (χ0n) is 10.9. The summed E-state index contributed by atoms with van der Waals surface area (Å²) in [6.07, 6.45) is -0.338. The molecule has 2 rings (SSSR count). The van der Waals surface area contributed by atoms with Gasteiger partial charge < -0.3 is 4.74 Å². The van der Waals surface area contributed by atoms with Crippen molar-refractivity contribution in [2.24, 2.45) is 5.14 Å². The molecular weight excluding hydrogens is 304 g/mol. The first-order chi connectivity index (χ1) is 9.74. The predicted molar refractivity (Wildman–Crippen MR) is 71.3 cm³/mol. The number of methoxy groups -OCH3 is 1. The minimum atomic E-state index is -3.92. The van der Waals surface area contributed by atoms with Gasteiger partial charge in [0.1, 0.15) is 5.25 Å². The lowest BCUT2D eigenvalue weighted by molar-refractivity contribution is -0.384. The molecule has 1 aliphatic rings. The normalized spacial score (nSPS) is 18.9. The van der Waals surface area contributed by atoms with Crippen molar-refractivity contribution in [2.45, 2.75) is 11.7 Å². The zero-order valence-corrected chi connectivity index (χ0v) is 11.7. The van der Waals surface area contributed by atoms with Crippen LogP contribution < -0.4 is 14.8 Å². The molecule has 21 heavy (non-hydrogen) atoms. The number of ether oxygens (including phenoxy) is 1. The Labute approximate surface area is 119 Å². The van der Waals surface area contributed by atoms with Gasteiger partial charge in [0.25, 0.3) is 0 Å². The average molecular weight is 316 g/mol. The van der Waals surface area contributed by atoms with E-state index in [4.69, 9.17) is 9.88 Å². The van der Waals surface area contributed by atoms with E-state index in [1.54, 1.807) is 0 Å². The average Bonchev–Trinajstić information content (AvgIpc) is 2.79. The summed E-state index contributed by atoms with van der Waals surface area (Å²) in [7, 11) is -2.60. The molecule has 1 fully saturated rings. The molecule has 1 aromatic rings. The van der Waals surface area contributed by atoms with Crippen molar-refractivity contribution in [3.05, 3.63) is 22.2 Å². The number of amides is 1. The van der Waals surface area contributed by atoms with Crippen LogP contribution in [0.2, 0.25) is 0 Å². The third-order valence-corrected chi connectivity index (χ3v) is 4.29. The van der Waals surface area contributed by atoms with Crippen LogP contribution in [0, 0.1) is 10.1 Å². The largest absolute Gasteiger partial charge is 0.481 e. The van der Waals surface area contributed by atoms with Crippen molar-refractivity contribution in [3.8, 4) is 5.88 Å². The lowest BCUT2D eigenvalue weighted by atomic mass is 10.3. The Hall–Kier alpha value is -2.27. The van der Waals surface area contributed by atoms with Crippen LogP contribution in [0.1, 0.15) is 6.42 Å². The van der Waals surface area contributed by atoms with Crippen LogP contribution >= 0.6 is 0 Å². The number of carbonyl (C=O) groups is 1. The van der Waals surface area contributed by atoms with Crippen molar-refractivity contribution in [2.75, 3.05) is 18.6 Å². The van der Waals surface area contributed by atoms with Crippen LogP contribution in [-0.4, -0.2) is 43.1 Å². The van der Waals surface area contributed by atoms with E-state index in [0.29, 0.717) is 0 Å². The molecular formula is C10H12N4O6S. The number of nitrogens with two attached hydrogens (primary N) is 1. The van der Waals surface area contributed by atoms with E-state index in [-0.39, 0.29) is 24.7 Å². The number of rotatable bonds is 4. The second-order valence-electron chi connectivity index (χ2n) is 4.37. The van der Waals surface area contributed by atoms with Gasteiger partial charge in [-0.3, -0.25) is 19.8 Å². The van der Waals surface area contributed by atoms with Crippen LogP contribution in [0.15, 0.2) is 12.1 Å². The van der Waals surface area contributed by atoms with Crippen molar-refractivity contribution in [1.82, 2.24) is 4.98 Å². The Morgan fingerprint density at radius 1 is 1.52 bits per heavy atom. The molecule has 0 aromatic carbocycles. The fraction of sp³-hybridized carbons (Fsp3) is 0.400. The quantitative estimate of drug-likeness (QED) is 0.576. The van der Waals surface area contributed by atoms with Crippen LogP contribution in [0.25, 0.3) is 0 Å². The molecule has 11 heteroatoms. The number of hydrogen-bond acceptors (Lipinski definition) is 7. The third kappa shape index (κ3) is 2.92. The first-order valence-corrected chi connectivity index (χ1v) is 7.36. The standard InChI is InChI=1S/C10H12N4O6S/c1-20-8-3-2-7(14(16)17)10(12-8)13-5-6(4-9(13)15)21(11,18)19/h2-3,6H,4-5H2,1H3,(H2,11,18,19). The van der Waals surface area contributed by atoms with Gasteiger partial charge in [-0.2, -0.15) is 4.98 Å². The summed E-state index contributed by atoms with van der Waals surface area (Å²) in [5, 5.41) is 14.9. The lowest BCUT2D eigenvalue weighted by Gasteiger charge is -2.15. The summed E-state index contributed by atoms with van der Waals surface area (Å²) in [6, 6.07) is 2.41. The summed E-state index contributed by atoms with van der Waals surface area (Å²) in [5.41, 5.74) is -0.417. The third-order valence-electron chi connectivity index (χ3n) is 3.04. The van der Waals surface area contributed by atoms with Gasteiger partial charge in [-0.05, 0) is 0 Å². The number of nitro groups is 1. The van der Waals surface area contributed by atoms with Gasteiger partial charge in [0.05, 0.1) is 12.0 Å². The maximum absolute atomic E-state index is 11.9. The summed E-state index contributed by atoms with van der Waals surface area (Å²) in [6.45, 7) is -0.279. The molecule has 0 saturated carbocycles. The zero-order chi connectivity index (χ0) is 15.8. The van der Waals surface area contributed by atoms with E-state index >= 15 is 0 Å². The first-order valence-electron chi connectivity index (χ1n) is 5.75. The van der Waals surface area contributed by atoms with Crippen molar-refractivity contribution < 1.29 is 22.9 Å². The van der Waals surface area contributed by atoms with Gasteiger partial charge in [0.15, 0.2) is 0 Å². The Morgan fingerprint density at radius 3 is 2.67 bits per heavy atom. The smallest absolute Gasteiger partial charge is 0.312 e. The van der Waals surface area contributed by atoms with E-state index < -0.39 is 31.8 Å². The van der Waals surface area contributed by atoms with Gasteiger partial charge in [-0.25, -0.2) is 13.6 Å². The van der Waals surface area contributed by atoms with Gasteiger partial charge in [-0.1, -0.05) is 0 Å². The fourth-order valence-electron chi connectivity index (χ4n) is 1.98. The number of sulfonamides is 1. The molecule has 1 atom stereocenters. The number of hydrogen-bond donors (Lipinski definition) is 1. The topological polar surface area (TPSA) is 146 Å². The minimum absolute atomic E-state index is 0.0717. The second-order valence-corrected chi connectivity index (χ2v) is 6.22. The van der Waals surface area contributed by atoms with Crippen LogP contribution in [0.3, 0.4) is 0 Å². The molecule has 1 saturated heterocycles. The van der Waals surface area contributed by atoms with E-state index in [2.05, 4.69) is 4.98 Å². The van der Waals surface area contributed by atoms with Crippen LogP contribution in [0.4, 0.5) is 11.5 Å². The van der Waals surface area contributed by atoms with Crippen molar-refractivity contribution >= 4 is 27.4 Å². The predicted octanol–water partition coefficient (Wildman–Crippen LogP) is -0.608. The van der Waals surface area contributed by atoms with Gasteiger partial charge >= 0.3 is 5.69 Å². The summed E-state index contributed by atoms with van der Waals surface area (Å²) >= 11 is 0. The summed E-state index contributed by atoms with van der Waals surface area (Å²) in [4.78, 5) is 27.0. The molecule has 0 aliphatic carbocycles. The molecule has 0 bridgehead atoms. The highest BCUT2D eigenvalue weighted by Crippen LogP contribution is 2.32. The molecule has 2 N–H and O–H groups in total. The van der Waals surface area contributed by atoms with E-state index in [1.165, 1.54) is 13.2 Å². The van der Waals surface area contributed by atoms with E-state index in [0.717, 1.165) is 11.0 Å². The van der Waals surface area contributed by atoms with Crippen LogP contribution in [-0.2, 0) is 14.8 Å². The number of nitrogens with zero attached hydrogens (tertiary/aromatic N) is 3. The summed E-state index contributed by atoms with van der Waals surface area (Å²) < 4.78 is 27.5. The van der Waals surface area contributed by atoms with E-state index in [9.17, 15) is 23.3 Å². The van der Waals surface area contributed by atoms with Crippen LogP contribution in [0.5, 0.6) is 5.88 Å². The minimum Gasteiger partial charge on any atom is -0.481 e. The second kappa shape index (κ2) is 5.26. The molecule has 1 aliphatic heterocycles. The maximum atomic E-state index is 11.9. The van der Waals surface area contributed by atoms with E-state index in [1.807, 2.05) is 0 Å². The highest BCUT2D eigenvalue weighted by molar-refractivity contribution is 7.89. The number of primary sulfonamides is 1. The van der Waals surface area contributed by atoms with Crippen molar-refractivity contribution in [1.29, 1.82) is 0 Å². The van der Waals surface area contributed by atoms with Gasteiger partial charge in [0.2, 0.25) is 27.6 Å². The Kier molecular flexibility index (Phi) is 3.78. The lowest BCUT2D eigenvalue weighted by Crippen LogP contribution is -2.32. The van der Waals surface area contributed by atoms with Gasteiger partial charge in [-0.15, -0.1) is 0 Å².